The Morgan fingerprint density at radius 2 is 1.51 bits per heavy atom. The lowest BCUT2D eigenvalue weighted by molar-refractivity contribution is -0.131. The van der Waals surface area contributed by atoms with Crippen molar-refractivity contribution in [3.05, 3.63) is 70.8 Å². The fourth-order valence-electron chi connectivity index (χ4n) is 4.17. The smallest absolute Gasteiger partial charge is 0.226 e. The van der Waals surface area contributed by atoms with Gasteiger partial charge in [0.25, 0.3) is 0 Å². The van der Waals surface area contributed by atoms with Crippen molar-refractivity contribution >= 4 is 58.8 Å². The van der Waals surface area contributed by atoms with Crippen LogP contribution in [-0.4, -0.2) is 60.0 Å². The van der Waals surface area contributed by atoms with Gasteiger partial charge in [0.2, 0.25) is 16.9 Å². The van der Waals surface area contributed by atoms with E-state index in [0.717, 1.165) is 22.5 Å². The van der Waals surface area contributed by atoms with Crippen LogP contribution in [-0.2, 0) is 14.4 Å². The van der Waals surface area contributed by atoms with Gasteiger partial charge < -0.3 is 19.7 Å². The Morgan fingerprint density at radius 3 is 2.03 bits per heavy atom. The van der Waals surface area contributed by atoms with E-state index in [-0.39, 0.29) is 43.5 Å². The Bertz CT molecular complexity index is 1360. The van der Waals surface area contributed by atoms with Gasteiger partial charge >= 0.3 is 0 Å². The molecule has 0 saturated carbocycles. The zero-order chi connectivity index (χ0) is 27.8. The van der Waals surface area contributed by atoms with Crippen LogP contribution in [0.3, 0.4) is 0 Å². The maximum absolute atomic E-state index is 13.6. The summed E-state index contributed by atoms with van der Waals surface area (Å²) in [5.41, 5.74) is 2.42. The predicted octanol–water partition coefficient (Wildman–Crippen LogP) is 4.53. The summed E-state index contributed by atoms with van der Waals surface area (Å²) in [6.45, 7) is 0.307. The molecular weight excluding hydrogens is 536 g/mol. The van der Waals surface area contributed by atoms with Crippen LogP contribution in [0.25, 0.3) is 12.2 Å². The van der Waals surface area contributed by atoms with Crippen molar-refractivity contribution in [3.63, 3.8) is 0 Å². The van der Waals surface area contributed by atoms with Crippen molar-refractivity contribution in [2.45, 2.75) is 23.6 Å². The van der Waals surface area contributed by atoms with Crippen LogP contribution in [0.5, 0.6) is 11.5 Å². The number of anilines is 1. The minimum atomic E-state index is -0.255. The molecule has 9 nitrogen and oxygen atoms in total. The van der Waals surface area contributed by atoms with Crippen LogP contribution in [0, 0.1) is 0 Å². The van der Waals surface area contributed by atoms with E-state index < -0.39 is 0 Å². The lowest BCUT2D eigenvalue weighted by Crippen LogP contribution is -2.41. The molecule has 1 aliphatic heterocycles. The monoisotopic (exact) mass is 564 g/mol. The number of methoxy groups -OCH3 is 2. The normalized spacial score (nSPS) is 15.5. The van der Waals surface area contributed by atoms with Crippen molar-refractivity contribution in [3.8, 4) is 11.5 Å². The van der Waals surface area contributed by atoms with E-state index in [1.54, 1.807) is 31.3 Å². The number of carbonyl (C=O) groups excluding carboxylic acids is 3. The number of hydrogen-bond donors (Lipinski definition) is 2. The average molecular weight is 565 g/mol. The zero-order valence-corrected chi connectivity index (χ0v) is 23.3. The molecule has 1 aliphatic rings. The van der Waals surface area contributed by atoms with Gasteiger partial charge in [-0.3, -0.25) is 14.4 Å². The van der Waals surface area contributed by atoms with Crippen molar-refractivity contribution in [1.29, 1.82) is 0 Å². The zero-order valence-electron chi connectivity index (χ0n) is 21.5. The number of ketones is 1. The molecule has 0 spiro atoms. The Morgan fingerprint density at radius 1 is 0.949 bits per heavy atom. The highest BCUT2D eigenvalue weighted by Gasteiger charge is 2.29. The summed E-state index contributed by atoms with van der Waals surface area (Å²) < 4.78 is 11.4. The summed E-state index contributed by atoms with van der Waals surface area (Å²) >= 11 is 5.24. The van der Waals surface area contributed by atoms with Gasteiger partial charge in [0.1, 0.15) is 11.5 Å². The van der Waals surface area contributed by atoms with Crippen LogP contribution in [0.15, 0.2) is 64.0 Å². The predicted molar refractivity (Wildman–Crippen MR) is 153 cm³/mol. The third-order valence-corrected chi connectivity index (χ3v) is 7.06. The minimum absolute atomic E-state index is 0.143. The maximum Gasteiger partial charge on any atom is 0.226 e. The third-order valence-electron chi connectivity index (χ3n) is 6.05. The topological polar surface area (TPSA) is 111 Å². The Hall–Kier alpha value is -3.96. The van der Waals surface area contributed by atoms with E-state index in [1.165, 1.54) is 0 Å². The number of piperidine rings is 1. The first-order chi connectivity index (χ1) is 18.9. The van der Waals surface area contributed by atoms with Gasteiger partial charge in [-0.25, -0.2) is 0 Å². The second kappa shape index (κ2) is 13.2. The van der Waals surface area contributed by atoms with Crippen LogP contribution in [0.2, 0.25) is 0 Å². The number of hydrogen-bond acceptors (Lipinski definition) is 9. The van der Waals surface area contributed by atoms with E-state index in [4.69, 9.17) is 9.47 Å². The molecule has 0 aliphatic carbocycles. The standard InChI is InChI=1S/C28H28N4O5S2/c1-36-22-10-5-3-8-18(22)14-20-16-32(17-21(26(20)35)15-19-9-4-6-11-23(19)37-2)25(34)13-7-12-24(33)29-27-30-31-28(38)39-27/h3-6,8-11,14-15H,7,12-13,16-17H2,1-2H3,(H,31,38)(H,29,30,33)/b20-14+,21-15+. The molecule has 0 atom stereocenters. The molecule has 1 fully saturated rings. The molecule has 2 heterocycles. The molecule has 4 rings (SSSR count). The van der Waals surface area contributed by atoms with Crippen molar-refractivity contribution in [1.82, 2.24) is 15.1 Å². The van der Waals surface area contributed by atoms with Crippen molar-refractivity contribution in [2.75, 3.05) is 32.6 Å². The number of nitrogens with zero attached hydrogens (tertiary/aromatic N) is 3. The number of thiol groups is 1. The highest BCUT2D eigenvalue weighted by Crippen LogP contribution is 2.28. The number of aromatic nitrogens is 2. The highest BCUT2D eigenvalue weighted by molar-refractivity contribution is 7.82. The van der Waals surface area contributed by atoms with E-state index in [9.17, 15) is 14.4 Å². The molecule has 1 aromatic heterocycles. The highest BCUT2D eigenvalue weighted by atomic mass is 32.2. The fraction of sp³-hybridized carbons (Fsp3) is 0.250. The molecule has 1 saturated heterocycles. The quantitative estimate of drug-likeness (QED) is 0.223. The summed E-state index contributed by atoms with van der Waals surface area (Å²) in [7, 11) is 3.14. The third kappa shape index (κ3) is 7.33. The largest absolute Gasteiger partial charge is 0.496 e. The van der Waals surface area contributed by atoms with Crippen molar-refractivity contribution < 1.29 is 23.9 Å². The number of carbonyl (C=O) groups is 3. The number of likely N-dealkylation sites (tertiary alicyclic amines) is 1. The molecule has 3 aromatic rings. The number of Topliss-reactive ketones (excluding diaryl/α,β-unsaturated/α-hetero) is 1. The number of ether oxygens (including phenoxy) is 2. The van der Waals surface area contributed by atoms with Gasteiger partial charge in [-0.05, 0) is 30.7 Å². The molecule has 2 amide bonds. The summed E-state index contributed by atoms with van der Waals surface area (Å²) in [6.07, 6.45) is 4.18. The molecule has 202 valence electrons. The van der Waals surface area contributed by atoms with Gasteiger partial charge in [0.05, 0.1) is 14.2 Å². The first-order valence-corrected chi connectivity index (χ1v) is 13.5. The minimum Gasteiger partial charge on any atom is -0.496 e. The Kier molecular flexibility index (Phi) is 9.50. The number of amides is 2. The summed E-state index contributed by atoms with van der Waals surface area (Å²) in [4.78, 5) is 40.7. The number of nitrogens with one attached hydrogen (secondary N) is 1. The van der Waals surface area contributed by atoms with E-state index in [1.807, 2.05) is 48.5 Å². The molecule has 0 bridgehead atoms. The summed E-state index contributed by atoms with van der Waals surface area (Å²) in [6, 6.07) is 14.8. The van der Waals surface area contributed by atoms with Gasteiger partial charge in [-0.15, -0.1) is 22.8 Å². The lowest BCUT2D eigenvalue weighted by Gasteiger charge is -2.30. The SMILES string of the molecule is COc1ccccc1/C=C1\CN(C(=O)CCCC(=O)Nc2nnc(S)s2)C/C(=C\c2ccccc2OC)C1=O. The number of benzene rings is 2. The lowest BCUT2D eigenvalue weighted by atomic mass is 9.93. The van der Waals surface area contributed by atoms with E-state index in [0.29, 0.717) is 38.5 Å². The van der Waals surface area contributed by atoms with E-state index >= 15 is 0 Å². The van der Waals surface area contributed by atoms with E-state index in [2.05, 4.69) is 28.1 Å². The number of rotatable bonds is 9. The first-order valence-electron chi connectivity index (χ1n) is 12.2. The van der Waals surface area contributed by atoms with Gasteiger partial charge in [-0.2, -0.15) is 0 Å². The summed E-state index contributed by atoms with van der Waals surface area (Å²) in [5, 5.41) is 10.6. The second-order valence-electron chi connectivity index (χ2n) is 8.69. The molecular formula is C28H28N4O5S2. The van der Waals surface area contributed by atoms with Crippen LogP contribution >= 0.6 is 24.0 Å². The van der Waals surface area contributed by atoms with Crippen LogP contribution in [0.4, 0.5) is 5.13 Å². The van der Waals surface area contributed by atoms with Crippen LogP contribution < -0.4 is 14.8 Å². The summed E-state index contributed by atoms with van der Waals surface area (Å²) in [5.74, 6) is 0.706. The van der Waals surface area contributed by atoms with Gasteiger partial charge in [0.15, 0.2) is 10.1 Å². The molecule has 39 heavy (non-hydrogen) atoms. The van der Waals surface area contributed by atoms with Gasteiger partial charge in [0, 0.05) is 48.2 Å². The fourth-order valence-corrected chi connectivity index (χ4v) is 4.97. The number of para-hydroxylation sites is 2. The maximum atomic E-state index is 13.6. The molecule has 0 unspecified atom stereocenters. The van der Waals surface area contributed by atoms with Crippen LogP contribution in [0.1, 0.15) is 30.4 Å². The molecule has 2 aromatic carbocycles. The molecule has 0 radical (unpaired) electrons. The van der Waals surface area contributed by atoms with Gasteiger partial charge in [-0.1, -0.05) is 47.7 Å². The van der Waals surface area contributed by atoms with Crippen molar-refractivity contribution in [2.24, 2.45) is 0 Å². The Labute approximate surface area is 235 Å². The Balaban J connectivity index is 1.53. The first kappa shape index (κ1) is 28.1. The second-order valence-corrected chi connectivity index (χ2v) is 10.4. The molecule has 1 N–H and O–H groups in total. The molecule has 11 heteroatoms. The average Bonchev–Trinajstić information content (AvgIpc) is 3.35.